The van der Waals surface area contributed by atoms with E-state index in [4.69, 9.17) is 0 Å². The van der Waals surface area contributed by atoms with E-state index >= 15 is 0 Å². The van der Waals surface area contributed by atoms with Crippen LogP contribution in [0.3, 0.4) is 0 Å². The Morgan fingerprint density at radius 1 is 1.33 bits per heavy atom. The second-order valence-corrected chi connectivity index (χ2v) is 4.03. The van der Waals surface area contributed by atoms with Crippen molar-refractivity contribution in [3.63, 3.8) is 0 Å². The molecule has 0 bridgehead atoms. The maximum absolute atomic E-state index is 9.83. The van der Waals surface area contributed by atoms with Gasteiger partial charge in [0, 0.05) is 0 Å². The van der Waals surface area contributed by atoms with Crippen molar-refractivity contribution in [1.82, 2.24) is 5.32 Å². The fraction of sp³-hybridized carbons (Fsp3) is 0.538. The van der Waals surface area contributed by atoms with Gasteiger partial charge in [-0.2, -0.15) is 0 Å². The van der Waals surface area contributed by atoms with Crippen molar-refractivity contribution in [1.29, 1.82) is 0 Å². The van der Waals surface area contributed by atoms with Crippen molar-refractivity contribution in [2.45, 2.75) is 32.3 Å². The normalized spacial score (nSPS) is 12.7. The van der Waals surface area contributed by atoms with E-state index < -0.39 is 0 Å². The highest BCUT2D eigenvalue weighted by atomic mass is 16.3. The summed E-state index contributed by atoms with van der Waals surface area (Å²) in [7, 11) is 1.94. The van der Waals surface area contributed by atoms with Crippen molar-refractivity contribution in [2.75, 3.05) is 13.6 Å². The summed E-state index contributed by atoms with van der Waals surface area (Å²) >= 11 is 0. The first kappa shape index (κ1) is 12.2. The monoisotopic (exact) mass is 207 g/mol. The zero-order valence-electron chi connectivity index (χ0n) is 9.66. The van der Waals surface area contributed by atoms with Crippen molar-refractivity contribution in [3.05, 3.63) is 35.4 Å². The molecule has 1 rings (SSSR count). The molecule has 0 spiro atoms. The summed E-state index contributed by atoms with van der Waals surface area (Å²) in [6, 6.07) is 8.25. The van der Waals surface area contributed by atoms with Gasteiger partial charge in [-0.25, -0.2) is 0 Å². The predicted octanol–water partition coefficient (Wildman–Crippen LogP) is 1.90. The maximum Gasteiger partial charge on any atom is 0.0581 e. The summed E-state index contributed by atoms with van der Waals surface area (Å²) in [6.45, 7) is 3.07. The number of aliphatic hydroxyl groups is 1. The summed E-state index contributed by atoms with van der Waals surface area (Å²) in [6.07, 6.45) is 2.47. The van der Waals surface area contributed by atoms with E-state index in [2.05, 4.69) is 24.4 Å². The minimum atomic E-state index is -0.209. The van der Waals surface area contributed by atoms with Gasteiger partial charge in [0.1, 0.15) is 0 Å². The minimum absolute atomic E-state index is 0.209. The average molecular weight is 207 g/mol. The molecule has 0 aliphatic rings. The molecule has 1 aromatic rings. The van der Waals surface area contributed by atoms with E-state index in [1.165, 1.54) is 11.1 Å². The second kappa shape index (κ2) is 6.59. The van der Waals surface area contributed by atoms with E-state index in [1.807, 2.05) is 19.2 Å². The number of hydrogen-bond donors (Lipinski definition) is 2. The van der Waals surface area contributed by atoms with Crippen LogP contribution in [0.15, 0.2) is 24.3 Å². The van der Waals surface area contributed by atoms with Gasteiger partial charge in [-0.05, 0) is 50.9 Å². The predicted molar refractivity (Wildman–Crippen MR) is 64.1 cm³/mol. The van der Waals surface area contributed by atoms with Gasteiger partial charge in [-0.3, -0.25) is 0 Å². The Bertz CT molecular complexity index is 286. The van der Waals surface area contributed by atoms with Crippen LogP contribution in [0, 0.1) is 6.92 Å². The van der Waals surface area contributed by atoms with Gasteiger partial charge in [-0.1, -0.05) is 24.3 Å². The van der Waals surface area contributed by atoms with Gasteiger partial charge in [0.15, 0.2) is 0 Å². The van der Waals surface area contributed by atoms with Gasteiger partial charge in [-0.15, -0.1) is 0 Å². The molecule has 2 N–H and O–H groups in total. The maximum atomic E-state index is 9.83. The summed E-state index contributed by atoms with van der Waals surface area (Å²) < 4.78 is 0. The molecule has 0 heterocycles. The topological polar surface area (TPSA) is 32.3 Å². The van der Waals surface area contributed by atoms with Crippen LogP contribution < -0.4 is 5.32 Å². The van der Waals surface area contributed by atoms with Crippen LogP contribution in [0.25, 0.3) is 0 Å². The molecule has 0 aliphatic heterocycles. The molecular weight excluding hydrogens is 186 g/mol. The molecular formula is C13H21NO. The number of aryl methyl sites for hydroxylation is 1. The first-order valence-electron chi connectivity index (χ1n) is 5.61. The lowest BCUT2D eigenvalue weighted by molar-refractivity contribution is 0.162. The third kappa shape index (κ3) is 4.45. The Morgan fingerprint density at radius 3 is 2.73 bits per heavy atom. The summed E-state index contributed by atoms with van der Waals surface area (Å²) in [5.74, 6) is 0. The van der Waals surface area contributed by atoms with Crippen LogP contribution in [0.2, 0.25) is 0 Å². The minimum Gasteiger partial charge on any atom is -0.393 e. The number of rotatable bonds is 6. The molecule has 84 valence electrons. The summed E-state index contributed by atoms with van der Waals surface area (Å²) in [4.78, 5) is 0. The molecule has 0 saturated heterocycles. The zero-order chi connectivity index (χ0) is 11.1. The average Bonchev–Trinajstić information content (AvgIpc) is 2.22. The molecule has 0 amide bonds. The van der Waals surface area contributed by atoms with Gasteiger partial charge in [0.05, 0.1) is 6.10 Å². The molecule has 1 unspecified atom stereocenters. The molecule has 0 radical (unpaired) electrons. The fourth-order valence-corrected chi connectivity index (χ4v) is 1.71. The molecule has 2 nitrogen and oxygen atoms in total. The lowest BCUT2D eigenvalue weighted by Gasteiger charge is -2.12. The summed E-state index contributed by atoms with van der Waals surface area (Å²) in [5.41, 5.74) is 2.53. The SMILES string of the molecule is CNCCCC(O)Cc1ccccc1C. The van der Waals surface area contributed by atoms with Crippen molar-refractivity contribution in [3.8, 4) is 0 Å². The smallest absolute Gasteiger partial charge is 0.0581 e. The standard InChI is InChI=1S/C13H21NO/c1-11-6-3-4-7-12(11)10-13(15)8-5-9-14-2/h3-4,6-7,13-15H,5,8-10H2,1-2H3. The highest BCUT2D eigenvalue weighted by Crippen LogP contribution is 2.11. The van der Waals surface area contributed by atoms with Crippen molar-refractivity contribution >= 4 is 0 Å². The van der Waals surface area contributed by atoms with E-state index in [1.54, 1.807) is 0 Å². The molecule has 15 heavy (non-hydrogen) atoms. The van der Waals surface area contributed by atoms with E-state index in [-0.39, 0.29) is 6.10 Å². The highest BCUT2D eigenvalue weighted by molar-refractivity contribution is 5.26. The van der Waals surface area contributed by atoms with Gasteiger partial charge >= 0.3 is 0 Å². The van der Waals surface area contributed by atoms with Crippen LogP contribution >= 0.6 is 0 Å². The number of nitrogens with one attached hydrogen (secondary N) is 1. The summed E-state index contributed by atoms with van der Waals surface area (Å²) in [5, 5.41) is 12.9. The molecule has 0 saturated carbocycles. The van der Waals surface area contributed by atoms with Crippen LogP contribution in [0.5, 0.6) is 0 Å². The Labute approximate surface area is 92.3 Å². The van der Waals surface area contributed by atoms with E-state index in [0.717, 1.165) is 25.8 Å². The molecule has 1 aromatic carbocycles. The van der Waals surface area contributed by atoms with Crippen LogP contribution in [0.4, 0.5) is 0 Å². The first-order valence-corrected chi connectivity index (χ1v) is 5.61. The number of benzene rings is 1. The quantitative estimate of drug-likeness (QED) is 0.698. The molecule has 0 fully saturated rings. The van der Waals surface area contributed by atoms with E-state index in [9.17, 15) is 5.11 Å². The number of hydrogen-bond acceptors (Lipinski definition) is 2. The number of aliphatic hydroxyl groups excluding tert-OH is 1. The molecule has 0 aromatic heterocycles. The Kier molecular flexibility index (Phi) is 5.37. The zero-order valence-corrected chi connectivity index (χ0v) is 9.66. The molecule has 0 aliphatic carbocycles. The van der Waals surface area contributed by atoms with Gasteiger partial charge in [0.25, 0.3) is 0 Å². The third-order valence-electron chi connectivity index (χ3n) is 2.68. The third-order valence-corrected chi connectivity index (χ3v) is 2.68. The second-order valence-electron chi connectivity index (χ2n) is 4.03. The van der Waals surface area contributed by atoms with Gasteiger partial charge < -0.3 is 10.4 Å². The lowest BCUT2D eigenvalue weighted by atomic mass is 10.0. The highest BCUT2D eigenvalue weighted by Gasteiger charge is 2.06. The fourth-order valence-electron chi connectivity index (χ4n) is 1.71. The van der Waals surface area contributed by atoms with Crippen LogP contribution in [-0.4, -0.2) is 24.8 Å². The Hall–Kier alpha value is -0.860. The Balaban J connectivity index is 2.37. The van der Waals surface area contributed by atoms with Crippen molar-refractivity contribution in [2.24, 2.45) is 0 Å². The molecule has 1 atom stereocenters. The largest absolute Gasteiger partial charge is 0.393 e. The van der Waals surface area contributed by atoms with Gasteiger partial charge in [0.2, 0.25) is 0 Å². The van der Waals surface area contributed by atoms with Crippen LogP contribution in [0.1, 0.15) is 24.0 Å². The van der Waals surface area contributed by atoms with Crippen LogP contribution in [-0.2, 0) is 6.42 Å². The lowest BCUT2D eigenvalue weighted by Crippen LogP contribution is -2.15. The Morgan fingerprint density at radius 2 is 2.07 bits per heavy atom. The van der Waals surface area contributed by atoms with Crippen molar-refractivity contribution < 1.29 is 5.11 Å². The van der Waals surface area contributed by atoms with E-state index in [0.29, 0.717) is 0 Å². The first-order chi connectivity index (χ1) is 7.24. The molecule has 2 heteroatoms.